The second-order valence-corrected chi connectivity index (χ2v) is 5.77. The molecule has 0 aromatic carbocycles. The third-order valence-electron chi connectivity index (χ3n) is 2.42. The standard InChI is InChI=1S/C11H23N3S/c1-9(2)7-13-11(12-3)14-8-10-5-4-6-15-10/h9-10H,4-8H2,1-3H3,(H2,12,13,14). The van der Waals surface area contributed by atoms with Gasteiger partial charge in [-0.25, -0.2) is 0 Å². The van der Waals surface area contributed by atoms with E-state index in [2.05, 4.69) is 41.2 Å². The molecule has 1 saturated heterocycles. The van der Waals surface area contributed by atoms with Gasteiger partial charge in [0.25, 0.3) is 0 Å². The van der Waals surface area contributed by atoms with E-state index in [1.807, 2.05) is 7.05 Å². The van der Waals surface area contributed by atoms with Gasteiger partial charge < -0.3 is 10.6 Å². The number of thioether (sulfide) groups is 1. The van der Waals surface area contributed by atoms with Crippen LogP contribution in [-0.2, 0) is 0 Å². The molecule has 0 spiro atoms. The fourth-order valence-corrected chi connectivity index (χ4v) is 2.74. The lowest BCUT2D eigenvalue weighted by molar-refractivity contribution is 0.612. The van der Waals surface area contributed by atoms with Crippen LogP contribution in [0, 0.1) is 5.92 Å². The lowest BCUT2D eigenvalue weighted by Gasteiger charge is -2.15. The molecule has 1 heterocycles. The molecular weight excluding hydrogens is 206 g/mol. The minimum absolute atomic E-state index is 0.657. The normalized spacial score (nSPS) is 22.1. The average molecular weight is 229 g/mol. The third-order valence-corrected chi connectivity index (χ3v) is 3.82. The largest absolute Gasteiger partial charge is 0.356 e. The summed E-state index contributed by atoms with van der Waals surface area (Å²) < 4.78 is 0. The van der Waals surface area contributed by atoms with Crippen LogP contribution in [0.25, 0.3) is 0 Å². The monoisotopic (exact) mass is 229 g/mol. The molecule has 4 heteroatoms. The van der Waals surface area contributed by atoms with E-state index in [9.17, 15) is 0 Å². The van der Waals surface area contributed by atoms with Crippen LogP contribution < -0.4 is 10.6 Å². The first-order valence-electron chi connectivity index (χ1n) is 5.78. The SMILES string of the molecule is CN=C(NCC(C)C)NCC1CCCS1. The molecule has 1 fully saturated rings. The van der Waals surface area contributed by atoms with Gasteiger partial charge in [0.2, 0.25) is 0 Å². The number of nitrogens with one attached hydrogen (secondary N) is 2. The molecule has 2 N–H and O–H groups in total. The number of guanidine groups is 1. The molecule has 0 aliphatic carbocycles. The second-order valence-electron chi connectivity index (χ2n) is 4.36. The minimum Gasteiger partial charge on any atom is -0.356 e. The van der Waals surface area contributed by atoms with Crippen molar-refractivity contribution in [1.29, 1.82) is 0 Å². The highest BCUT2D eigenvalue weighted by Gasteiger charge is 2.15. The molecule has 0 bridgehead atoms. The molecule has 0 amide bonds. The predicted molar refractivity (Wildman–Crippen MR) is 69.7 cm³/mol. The van der Waals surface area contributed by atoms with Gasteiger partial charge in [-0.3, -0.25) is 4.99 Å². The van der Waals surface area contributed by atoms with E-state index in [-0.39, 0.29) is 0 Å². The molecule has 1 aliphatic rings. The van der Waals surface area contributed by atoms with Crippen molar-refractivity contribution in [2.75, 3.05) is 25.9 Å². The summed E-state index contributed by atoms with van der Waals surface area (Å²) in [5, 5.41) is 7.49. The highest BCUT2D eigenvalue weighted by molar-refractivity contribution is 8.00. The van der Waals surface area contributed by atoms with Crippen molar-refractivity contribution in [3.63, 3.8) is 0 Å². The zero-order valence-electron chi connectivity index (χ0n) is 10.0. The van der Waals surface area contributed by atoms with Crippen molar-refractivity contribution in [2.45, 2.75) is 31.9 Å². The molecule has 1 rings (SSSR count). The van der Waals surface area contributed by atoms with E-state index in [1.165, 1.54) is 18.6 Å². The van der Waals surface area contributed by atoms with Gasteiger partial charge in [-0.05, 0) is 24.5 Å². The summed E-state index contributed by atoms with van der Waals surface area (Å²) in [6.07, 6.45) is 2.72. The molecular formula is C11H23N3S. The van der Waals surface area contributed by atoms with Crippen LogP contribution in [0.2, 0.25) is 0 Å². The van der Waals surface area contributed by atoms with E-state index in [4.69, 9.17) is 0 Å². The van der Waals surface area contributed by atoms with E-state index < -0.39 is 0 Å². The summed E-state index contributed by atoms with van der Waals surface area (Å²) in [6, 6.07) is 0. The zero-order valence-corrected chi connectivity index (χ0v) is 10.9. The van der Waals surface area contributed by atoms with Gasteiger partial charge in [0.1, 0.15) is 0 Å². The maximum atomic E-state index is 4.21. The molecule has 0 saturated carbocycles. The van der Waals surface area contributed by atoms with Gasteiger partial charge in [-0.15, -0.1) is 0 Å². The van der Waals surface area contributed by atoms with Crippen LogP contribution in [0.3, 0.4) is 0 Å². The first-order valence-corrected chi connectivity index (χ1v) is 6.83. The van der Waals surface area contributed by atoms with Crippen LogP contribution in [0.1, 0.15) is 26.7 Å². The Morgan fingerprint density at radius 3 is 2.80 bits per heavy atom. The first-order chi connectivity index (χ1) is 7.22. The average Bonchev–Trinajstić information content (AvgIpc) is 2.70. The highest BCUT2D eigenvalue weighted by Crippen LogP contribution is 2.25. The fourth-order valence-electron chi connectivity index (χ4n) is 1.54. The Kier molecular flexibility index (Phi) is 5.91. The molecule has 0 radical (unpaired) electrons. The lowest BCUT2D eigenvalue weighted by atomic mass is 10.2. The fraction of sp³-hybridized carbons (Fsp3) is 0.909. The number of rotatable bonds is 4. The van der Waals surface area contributed by atoms with E-state index in [0.717, 1.165) is 24.3 Å². The van der Waals surface area contributed by atoms with Gasteiger partial charge in [0, 0.05) is 25.4 Å². The van der Waals surface area contributed by atoms with Crippen molar-refractivity contribution in [3.05, 3.63) is 0 Å². The second kappa shape index (κ2) is 6.99. The Morgan fingerprint density at radius 2 is 2.27 bits per heavy atom. The topological polar surface area (TPSA) is 36.4 Å². The Hall–Kier alpha value is -0.380. The van der Waals surface area contributed by atoms with Crippen molar-refractivity contribution in [3.8, 4) is 0 Å². The van der Waals surface area contributed by atoms with Crippen molar-refractivity contribution < 1.29 is 0 Å². The summed E-state index contributed by atoms with van der Waals surface area (Å²) in [6.45, 7) is 6.43. The maximum absolute atomic E-state index is 4.21. The lowest BCUT2D eigenvalue weighted by Crippen LogP contribution is -2.41. The molecule has 3 nitrogen and oxygen atoms in total. The van der Waals surface area contributed by atoms with E-state index >= 15 is 0 Å². The Bertz CT molecular complexity index is 198. The quantitative estimate of drug-likeness (QED) is 0.569. The van der Waals surface area contributed by atoms with Crippen molar-refractivity contribution in [1.82, 2.24) is 10.6 Å². The predicted octanol–water partition coefficient (Wildman–Crippen LogP) is 1.70. The Morgan fingerprint density at radius 1 is 1.47 bits per heavy atom. The number of hydrogen-bond acceptors (Lipinski definition) is 2. The van der Waals surface area contributed by atoms with E-state index in [0.29, 0.717) is 5.92 Å². The molecule has 1 atom stereocenters. The molecule has 15 heavy (non-hydrogen) atoms. The molecule has 0 aromatic rings. The van der Waals surface area contributed by atoms with Gasteiger partial charge >= 0.3 is 0 Å². The number of aliphatic imine (C=N–C) groups is 1. The molecule has 1 aliphatic heterocycles. The molecule has 0 aromatic heterocycles. The van der Waals surface area contributed by atoms with Gasteiger partial charge in [-0.2, -0.15) is 11.8 Å². The first kappa shape index (κ1) is 12.7. The van der Waals surface area contributed by atoms with Gasteiger partial charge in [-0.1, -0.05) is 13.8 Å². The summed E-state index contributed by atoms with van der Waals surface area (Å²) in [5.74, 6) is 2.92. The minimum atomic E-state index is 0.657. The van der Waals surface area contributed by atoms with Crippen molar-refractivity contribution in [2.24, 2.45) is 10.9 Å². The third kappa shape index (κ3) is 5.30. The summed E-state index contributed by atoms with van der Waals surface area (Å²) >= 11 is 2.07. The van der Waals surface area contributed by atoms with Crippen molar-refractivity contribution >= 4 is 17.7 Å². The zero-order chi connectivity index (χ0) is 11.1. The van der Waals surface area contributed by atoms with Gasteiger partial charge in [0.05, 0.1) is 0 Å². The molecule has 1 unspecified atom stereocenters. The van der Waals surface area contributed by atoms with Crippen LogP contribution in [0.4, 0.5) is 0 Å². The number of nitrogens with zero attached hydrogens (tertiary/aromatic N) is 1. The van der Waals surface area contributed by atoms with Crippen LogP contribution >= 0.6 is 11.8 Å². The van der Waals surface area contributed by atoms with E-state index in [1.54, 1.807) is 0 Å². The summed E-state index contributed by atoms with van der Waals surface area (Å²) in [5.41, 5.74) is 0. The summed E-state index contributed by atoms with van der Waals surface area (Å²) in [7, 11) is 1.83. The Balaban J connectivity index is 2.16. The maximum Gasteiger partial charge on any atom is 0.191 e. The highest BCUT2D eigenvalue weighted by atomic mass is 32.2. The number of hydrogen-bond donors (Lipinski definition) is 2. The van der Waals surface area contributed by atoms with Crippen LogP contribution in [-0.4, -0.2) is 37.1 Å². The summed E-state index contributed by atoms with van der Waals surface area (Å²) in [4.78, 5) is 4.21. The van der Waals surface area contributed by atoms with Crippen LogP contribution in [0.5, 0.6) is 0 Å². The van der Waals surface area contributed by atoms with Crippen LogP contribution in [0.15, 0.2) is 4.99 Å². The van der Waals surface area contributed by atoms with Gasteiger partial charge in [0.15, 0.2) is 5.96 Å². The smallest absolute Gasteiger partial charge is 0.191 e. The Labute approximate surface area is 97.5 Å². The molecule has 88 valence electrons.